The molecule has 10 nitrogen and oxygen atoms in total. The van der Waals surface area contributed by atoms with Crippen molar-refractivity contribution >= 4 is 23.1 Å². The summed E-state index contributed by atoms with van der Waals surface area (Å²) in [5.74, 6) is 2.99. The monoisotopic (exact) mass is 456 g/mol. The zero-order chi connectivity index (χ0) is 23.7. The lowest BCUT2D eigenvalue weighted by molar-refractivity contribution is 0.0739. The zero-order valence-corrected chi connectivity index (χ0v) is 19.1. The van der Waals surface area contributed by atoms with E-state index in [2.05, 4.69) is 30.2 Å². The third kappa shape index (κ3) is 4.48. The lowest BCUT2D eigenvalue weighted by Crippen LogP contribution is -2.30. The number of ether oxygens (including phenoxy) is 1. The van der Waals surface area contributed by atoms with Crippen LogP contribution in [-0.2, 0) is 5.60 Å². The lowest BCUT2D eigenvalue weighted by atomic mass is 10.0. The third-order valence-corrected chi connectivity index (χ3v) is 5.27. The first-order chi connectivity index (χ1) is 16.4. The molecule has 0 fully saturated rings. The number of aromatic nitrogens is 6. The molecule has 0 amide bonds. The van der Waals surface area contributed by atoms with Gasteiger partial charge >= 0.3 is 0 Å². The molecule has 34 heavy (non-hydrogen) atoms. The first kappa shape index (κ1) is 21.7. The molecule has 1 aliphatic heterocycles. The Labute approximate surface area is 196 Å². The van der Waals surface area contributed by atoms with Gasteiger partial charge < -0.3 is 20.1 Å². The molecule has 0 unspecified atom stereocenters. The Morgan fingerprint density at radius 3 is 2.76 bits per heavy atom. The van der Waals surface area contributed by atoms with Crippen molar-refractivity contribution in [3.63, 3.8) is 0 Å². The maximum atomic E-state index is 10.3. The average Bonchev–Trinajstić information content (AvgIpc) is 2.83. The van der Waals surface area contributed by atoms with Gasteiger partial charge in [-0.2, -0.15) is 0 Å². The van der Waals surface area contributed by atoms with Crippen LogP contribution >= 0.6 is 0 Å². The molecule has 0 bridgehead atoms. The fourth-order valence-electron chi connectivity index (χ4n) is 3.58. The SMILES string of the molecule is Cc1cccc(-c2ncc3c(n2)N(c2cc(Nc4ccnc(C(C)(C)O)c4)ncn2)CCO3)n1. The van der Waals surface area contributed by atoms with E-state index in [4.69, 9.17) is 9.72 Å². The molecule has 1 aliphatic rings. The number of nitrogens with zero attached hydrogens (tertiary/aromatic N) is 7. The molecule has 172 valence electrons. The highest BCUT2D eigenvalue weighted by Gasteiger charge is 2.24. The molecule has 4 aromatic heterocycles. The van der Waals surface area contributed by atoms with E-state index in [-0.39, 0.29) is 0 Å². The quantitative estimate of drug-likeness (QED) is 0.461. The Hall–Kier alpha value is -4.18. The fourth-order valence-corrected chi connectivity index (χ4v) is 3.58. The number of rotatable bonds is 5. The van der Waals surface area contributed by atoms with Crippen LogP contribution in [0.1, 0.15) is 25.2 Å². The Balaban J connectivity index is 1.46. The van der Waals surface area contributed by atoms with Gasteiger partial charge in [0, 0.05) is 23.6 Å². The van der Waals surface area contributed by atoms with E-state index in [0.29, 0.717) is 53.6 Å². The van der Waals surface area contributed by atoms with Gasteiger partial charge in [-0.15, -0.1) is 0 Å². The number of aryl methyl sites for hydroxylation is 1. The van der Waals surface area contributed by atoms with Crippen LogP contribution in [0.15, 0.2) is 55.1 Å². The van der Waals surface area contributed by atoms with Crippen molar-refractivity contribution in [2.24, 2.45) is 0 Å². The number of hydrogen-bond donors (Lipinski definition) is 2. The Bertz CT molecular complexity index is 1340. The van der Waals surface area contributed by atoms with Gasteiger partial charge in [0.05, 0.1) is 18.4 Å². The topological polar surface area (TPSA) is 122 Å². The van der Waals surface area contributed by atoms with Crippen molar-refractivity contribution in [3.05, 3.63) is 66.5 Å². The van der Waals surface area contributed by atoms with Gasteiger partial charge in [0.15, 0.2) is 17.4 Å². The van der Waals surface area contributed by atoms with Gasteiger partial charge in [-0.1, -0.05) is 6.07 Å². The molecule has 0 aliphatic carbocycles. The number of pyridine rings is 2. The van der Waals surface area contributed by atoms with E-state index in [1.165, 1.54) is 6.33 Å². The maximum absolute atomic E-state index is 10.3. The smallest absolute Gasteiger partial charge is 0.181 e. The van der Waals surface area contributed by atoms with Crippen LogP contribution in [0.25, 0.3) is 11.5 Å². The van der Waals surface area contributed by atoms with Crippen molar-refractivity contribution in [1.82, 2.24) is 29.9 Å². The molecular weight excluding hydrogens is 432 g/mol. The summed E-state index contributed by atoms with van der Waals surface area (Å²) < 4.78 is 5.78. The Morgan fingerprint density at radius 2 is 1.94 bits per heavy atom. The lowest BCUT2D eigenvalue weighted by Gasteiger charge is -2.29. The van der Waals surface area contributed by atoms with Crippen LogP contribution in [0.3, 0.4) is 0 Å². The second-order valence-corrected chi connectivity index (χ2v) is 8.42. The second kappa shape index (κ2) is 8.64. The molecular formula is C24H24N8O2. The van der Waals surface area contributed by atoms with Crippen LogP contribution in [-0.4, -0.2) is 48.2 Å². The molecule has 10 heteroatoms. The summed E-state index contributed by atoms with van der Waals surface area (Å²) in [7, 11) is 0. The number of aliphatic hydroxyl groups is 1. The molecule has 0 saturated heterocycles. The van der Waals surface area contributed by atoms with E-state index in [9.17, 15) is 5.11 Å². The van der Waals surface area contributed by atoms with E-state index < -0.39 is 5.60 Å². The minimum Gasteiger partial charge on any atom is -0.486 e. The van der Waals surface area contributed by atoms with E-state index in [1.54, 1.807) is 32.3 Å². The second-order valence-electron chi connectivity index (χ2n) is 8.42. The molecule has 0 saturated carbocycles. The van der Waals surface area contributed by atoms with Crippen LogP contribution in [0.2, 0.25) is 0 Å². The van der Waals surface area contributed by atoms with Gasteiger partial charge in [-0.05, 0) is 45.0 Å². The standard InChI is InChI=1S/C24H24N8O2/c1-15-5-4-6-17(29-15)22-26-13-18-23(31-22)32(9-10-34-18)21-12-20(27-14-28-21)30-16-7-8-25-19(11-16)24(2,3)33/h4-8,11-14,33H,9-10H2,1-3H3,(H,25,27,28,30). The minimum absolute atomic E-state index is 0.477. The van der Waals surface area contributed by atoms with Crippen LogP contribution < -0.4 is 15.0 Å². The predicted molar refractivity (Wildman–Crippen MR) is 127 cm³/mol. The van der Waals surface area contributed by atoms with Crippen molar-refractivity contribution in [2.45, 2.75) is 26.4 Å². The molecule has 0 atom stereocenters. The van der Waals surface area contributed by atoms with Gasteiger partial charge in [0.2, 0.25) is 0 Å². The van der Waals surface area contributed by atoms with E-state index in [1.807, 2.05) is 42.2 Å². The van der Waals surface area contributed by atoms with Crippen molar-refractivity contribution in [1.29, 1.82) is 0 Å². The van der Waals surface area contributed by atoms with Gasteiger partial charge in [0.1, 0.15) is 35.9 Å². The van der Waals surface area contributed by atoms with E-state index in [0.717, 1.165) is 11.4 Å². The normalized spacial score (nSPS) is 13.2. The summed E-state index contributed by atoms with van der Waals surface area (Å²) in [6, 6.07) is 11.2. The van der Waals surface area contributed by atoms with Gasteiger partial charge in [-0.25, -0.2) is 24.9 Å². The zero-order valence-electron chi connectivity index (χ0n) is 19.1. The summed E-state index contributed by atoms with van der Waals surface area (Å²) in [6.45, 7) is 6.37. The van der Waals surface area contributed by atoms with E-state index >= 15 is 0 Å². The minimum atomic E-state index is -1.05. The summed E-state index contributed by atoms with van der Waals surface area (Å²) in [5, 5.41) is 13.5. The fraction of sp³-hybridized carbons (Fsp3) is 0.250. The highest BCUT2D eigenvalue weighted by Crippen LogP contribution is 2.35. The first-order valence-electron chi connectivity index (χ1n) is 10.9. The highest BCUT2D eigenvalue weighted by atomic mass is 16.5. The average molecular weight is 457 g/mol. The summed E-state index contributed by atoms with van der Waals surface area (Å²) >= 11 is 0. The molecule has 0 radical (unpaired) electrons. The predicted octanol–water partition coefficient (Wildman–Crippen LogP) is 3.53. The van der Waals surface area contributed by atoms with Crippen LogP contribution in [0, 0.1) is 6.92 Å². The van der Waals surface area contributed by atoms with Gasteiger partial charge in [-0.3, -0.25) is 4.98 Å². The van der Waals surface area contributed by atoms with Crippen LogP contribution in [0.4, 0.5) is 23.1 Å². The van der Waals surface area contributed by atoms with Crippen molar-refractivity contribution < 1.29 is 9.84 Å². The molecule has 0 aromatic carbocycles. The summed E-state index contributed by atoms with van der Waals surface area (Å²) in [4.78, 5) is 28.7. The van der Waals surface area contributed by atoms with Crippen LogP contribution in [0.5, 0.6) is 5.75 Å². The molecule has 5 rings (SSSR count). The van der Waals surface area contributed by atoms with Crippen molar-refractivity contribution in [3.8, 4) is 17.3 Å². The number of fused-ring (bicyclic) bond motifs is 1. The number of nitrogens with one attached hydrogen (secondary N) is 1. The summed E-state index contributed by atoms with van der Waals surface area (Å²) in [5.41, 5.74) is 1.86. The Kier molecular flexibility index (Phi) is 5.50. The summed E-state index contributed by atoms with van der Waals surface area (Å²) in [6.07, 6.45) is 4.81. The van der Waals surface area contributed by atoms with Crippen molar-refractivity contribution in [2.75, 3.05) is 23.4 Å². The molecule has 5 heterocycles. The Morgan fingerprint density at radius 1 is 1.06 bits per heavy atom. The number of anilines is 4. The molecule has 0 spiro atoms. The largest absolute Gasteiger partial charge is 0.486 e. The highest BCUT2D eigenvalue weighted by molar-refractivity contribution is 5.69. The first-order valence-corrected chi connectivity index (χ1v) is 10.9. The molecule has 2 N–H and O–H groups in total. The maximum Gasteiger partial charge on any atom is 0.181 e. The number of hydrogen-bond acceptors (Lipinski definition) is 10. The third-order valence-electron chi connectivity index (χ3n) is 5.27. The van der Waals surface area contributed by atoms with Gasteiger partial charge in [0.25, 0.3) is 0 Å². The molecule has 4 aromatic rings.